The van der Waals surface area contributed by atoms with Crippen LogP contribution in [0.4, 0.5) is 0 Å². The number of likely N-dealkylation sites (N-methyl/N-ethyl adjacent to an activating group) is 1. The molecule has 0 radical (unpaired) electrons. The van der Waals surface area contributed by atoms with E-state index in [1.54, 1.807) is 0 Å². The molecule has 0 aliphatic carbocycles. The van der Waals surface area contributed by atoms with E-state index >= 15 is 0 Å². The molecule has 1 rings (SSSR count). The minimum absolute atomic E-state index is 0.0206. The highest BCUT2D eigenvalue weighted by atomic mass is 16.5. The van der Waals surface area contributed by atoms with Crippen molar-refractivity contribution in [3.63, 3.8) is 0 Å². The van der Waals surface area contributed by atoms with Gasteiger partial charge < -0.3 is 14.8 Å². The lowest BCUT2D eigenvalue weighted by molar-refractivity contribution is -0.154. The van der Waals surface area contributed by atoms with E-state index < -0.39 is 0 Å². The first-order valence-electron chi connectivity index (χ1n) is 7.70. The molecule has 0 aromatic heterocycles. The fourth-order valence-corrected chi connectivity index (χ4v) is 2.45. The summed E-state index contributed by atoms with van der Waals surface area (Å²) in [6.45, 7) is 8.17. The first-order chi connectivity index (χ1) is 9.19. The Labute approximate surface area is 117 Å². The summed E-state index contributed by atoms with van der Waals surface area (Å²) >= 11 is 0. The van der Waals surface area contributed by atoms with Crippen LogP contribution in [0.15, 0.2) is 0 Å². The second-order valence-corrected chi connectivity index (χ2v) is 5.40. The normalized spacial score (nSPS) is 24.4. The monoisotopic (exact) mass is 271 g/mol. The molecule has 19 heavy (non-hydrogen) atoms. The van der Waals surface area contributed by atoms with Gasteiger partial charge in [0.1, 0.15) is 0 Å². The number of carbonyl (C=O) groups is 1. The molecule has 1 aliphatic rings. The van der Waals surface area contributed by atoms with Gasteiger partial charge in [-0.25, -0.2) is 0 Å². The SMILES string of the molecule is CCCCCCC(C)OC(=O)C1COCC1NCC. The minimum Gasteiger partial charge on any atom is -0.462 e. The van der Waals surface area contributed by atoms with Gasteiger partial charge in [-0.3, -0.25) is 4.79 Å². The average molecular weight is 271 g/mol. The van der Waals surface area contributed by atoms with Gasteiger partial charge in [0.05, 0.1) is 25.2 Å². The maximum atomic E-state index is 12.1. The summed E-state index contributed by atoms with van der Waals surface area (Å²) in [5, 5.41) is 3.28. The van der Waals surface area contributed by atoms with E-state index in [9.17, 15) is 4.79 Å². The van der Waals surface area contributed by atoms with Gasteiger partial charge in [-0.2, -0.15) is 0 Å². The van der Waals surface area contributed by atoms with Crippen LogP contribution in [-0.2, 0) is 14.3 Å². The Morgan fingerprint density at radius 1 is 1.32 bits per heavy atom. The highest BCUT2D eigenvalue weighted by Crippen LogP contribution is 2.17. The predicted molar refractivity (Wildman–Crippen MR) is 76.1 cm³/mol. The largest absolute Gasteiger partial charge is 0.462 e. The quantitative estimate of drug-likeness (QED) is 0.517. The smallest absolute Gasteiger partial charge is 0.313 e. The summed E-state index contributed by atoms with van der Waals surface area (Å²) in [7, 11) is 0. The maximum Gasteiger partial charge on any atom is 0.313 e. The van der Waals surface area contributed by atoms with Crippen molar-refractivity contribution in [3.8, 4) is 0 Å². The molecule has 0 aromatic carbocycles. The number of ether oxygens (including phenoxy) is 2. The van der Waals surface area contributed by atoms with E-state index in [1.165, 1.54) is 19.3 Å². The summed E-state index contributed by atoms with van der Waals surface area (Å²) in [6, 6.07) is 0.116. The highest BCUT2D eigenvalue weighted by Gasteiger charge is 2.35. The zero-order valence-corrected chi connectivity index (χ0v) is 12.6. The van der Waals surface area contributed by atoms with Gasteiger partial charge in [0, 0.05) is 6.04 Å². The molecule has 1 aliphatic heterocycles. The fourth-order valence-electron chi connectivity index (χ4n) is 2.45. The average Bonchev–Trinajstić information content (AvgIpc) is 2.83. The molecule has 0 spiro atoms. The Kier molecular flexibility index (Phi) is 8.07. The van der Waals surface area contributed by atoms with Crippen LogP contribution in [0.25, 0.3) is 0 Å². The second-order valence-electron chi connectivity index (χ2n) is 5.40. The molecule has 1 fully saturated rings. The topological polar surface area (TPSA) is 47.6 Å². The lowest BCUT2D eigenvalue weighted by atomic mass is 10.0. The van der Waals surface area contributed by atoms with E-state index in [0.29, 0.717) is 13.2 Å². The highest BCUT2D eigenvalue weighted by molar-refractivity contribution is 5.74. The molecule has 0 bridgehead atoms. The molecule has 0 aromatic rings. The third-order valence-corrected chi connectivity index (χ3v) is 3.63. The van der Waals surface area contributed by atoms with Gasteiger partial charge in [0.2, 0.25) is 0 Å². The van der Waals surface area contributed by atoms with Gasteiger partial charge in [-0.05, 0) is 26.3 Å². The molecular formula is C15H29NO3. The molecule has 1 heterocycles. The van der Waals surface area contributed by atoms with Crippen LogP contribution < -0.4 is 5.32 Å². The van der Waals surface area contributed by atoms with Crippen LogP contribution in [0.3, 0.4) is 0 Å². The number of carbonyl (C=O) groups excluding carboxylic acids is 1. The van der Waals surface area contributed by atoms with Crippen molar-refractivity contribution in [2.75, 3.05) is 19.8 Å². The van der Waals surface area contributed by atoms with Crippen molar-refractivity contribution in [2.24, 2.45) is 5.92 Å². The van der Waals surface area contributed by atoms with Crippen LogP contribution in [0.1, 0.15) is 52.9 Å². The summed E-state index contributed by atoms with van der Waals surface area (Å²) in [6.07, 6.45) is 5.85. The summed E-state index contributed by atoms with van der Waals surface area (Å²) < 4.78 is 10.9. The van der Waals surface area contributed by atoms with Crippen LogP contribution >= 0.6 is 0 Å². The standard InChI is InChI=1S/C15H29NO3/c1-4-6-7-8-9-12(3)19-15(17)13-10-18-11-14(13)16-5-2/h12-14,16H,4-11H2,1-3H3. The first kappa shape index (κ1) is 16.4. The van der Waals surface area contributed by atoms with E-state index in [2.05, 4.69) is 12.2 Å². The minimum atomic E-state index is -0.141. The molecule has 1 saturated heterocycles. The molecular weight excluding hydrogens is 242 g/mol. The third-order valence-electron chi connectivity index (χ3n) is 3.63. The van der Waals surface area contributed by atoms with E-state index in [0.717, 1.165) is 19.4 Å². The number of hydrogen-bond acceptors (Lipinski definition) is 4. The molecule has 4 heteroatoms. The van der Waals surface area contributed by atoms with E-state index in [-0.39, 0.29) is 24.0 Å². The van der Waals surface area contributed by atoms with Gasteiger partial charge >= 0.3 is 5.97 Å². The Morgan fingerprint density at radius 3 is 2.79 bits per heavy atom. The summed E-state index contributed by atoms with van der Waals surface area (Å²) in [5.41, 5.74) is 0. The lowest BCUT2D eigenvalue weighted by Gasteiger charge is -2.20. The molecule has 0 saturated carbocycles. The van der Waals surface area contributed by atoms with Gasteiger partial charge in [-0.1, -0.05) is 33.1 Å². The Balaban J connectivity index is 2.25. The number of rotatable bonds is 9. The van der Waals surface area contributed by atoms with Crippen LogP contribution in [0.5, 0.6) is 0 Å². The van der Waals surface area contributed by atoms with Crippen molar-refractivity contribution < 1.29 is 14.3 Å². The van der Waals surface area contributed by atoms with Crippen molar-refractivity contribution in [2.45, 2.75) is 65.0 Å². The molecule has 112 valence electrons. The van der Waals surface area contributed by atoms with Crippen LogP contribution in [0, 0.1) is 5.92 Å². The van der Waals surface area contributed by atoms with E-state index in [1.807, 2.05) is 13.8 Å². The van der Waals surface area contributed by atoms with E-state index in [4.69, 9.17) is 9.47 Å². The summed E-state index contributed by atoms with van der Waals surface area (Å²) in [5.74, 6) is -0.246. The van der Waals surface area contributed by atoms with Crippen LogP contribution in [0.2, 0.25) is 0 Å². The predicted octanol–water partition coefficient (Wildman–Crippen LogP) is 2.51. The van der Waals surface area contributed by atoms with Crippen molar-refractivity contribution in [1.29, 1.82) is 0 Å². The van der Waals surface area contributed by atoms with Crippen LogP contribution in [-0.4, -0.2) is 37.9 Å². The van der Waals surface area contributed by atoms with Crippen molar-refractivity contribution in [1.82, 2.24) is 5.32 Å². The van der Waals surface area contributed by atoms with Gasteiger partial charge in [0.15, 0.2) is 0 Å². The van der Waals surface area contributed by atoms with Gasteiger partial charge in [0.25, 0.3) is 0 Å². The molecule has 3 atom stereocenters. The summed E-state index contributed by atoms with van der Waals surface area (Å²) in [4.78, 5) is 12.1. The Hall–Kier alpha value is -0.610. The zero-order chi connectivity index (χ0) is 14.1. The first-order valence-corrected chi connectivity index (χ1v) is 7.70. The fraction of sp³-hybridized carbons (Fsp3) is 0.933. The zero-order valence-electron chi connectivity index (χ0n) is 12.6. The molecule has 0 amide bonds. The molecule has 4 nitrogen and oxygen atoms in total. The number of esters is 1. The second kappa shape index (κ2) is 9.32. The Bertz CT molecular complexity index is 258. The van der Waals surface area contributed by atoms with Gasteiger partial charge in [-0.15, -0.1) is 0 Å². The number of nitrogens with one attached hydrogen (secondary N) is 1. The lowest BCUT2D eigenvalue weighted by Crippen LogP contribution is -2.40. The molecule has 3 unspecified atom stereocenters. The Morgan fingerprint density at radius 2 is 2.11 bits per heavy atom. The number of unbranched alkanes of at least 4 members (excludes halogenated alkanes) is 3. The molecule has 1 N–H and O–H groups in total. The number of hydrogen-bond donors (Lipinski definition) is 1. The van der Waals surface area contributed by atoms with Crippen molar-refractivity contribution in [3.05, 3.63) is 0 Å². The maximum absolute atomic E-state index is 12.1. The third kappa shape index (κ3) is 5.91. The van der Waals surface area contributed by atoms with Crippen molar-refractivity contribution >= 4 is 5.97 Å².